The van der Waals surface area contributed by atoms with E-state index in [1.807, 2.05) is 29.9 Å². The summed E-state index contributed by atoms with van der Waals surface area (Å²) in [7, 11) is 0. The van der Waals surface area contributed by atoms with E-state index < -0.39 is 0 Å². The number of hydrogen-bond donors (Lipinski definition) is 1. The quantitative estimate of drug-likeness (QED) is 0.877. The second kappa shape index (κ2) is 3.91. The summed E-state index contributed by atoms with van der Waals surface area (Å²) in [6.45, 7) is 2.92. The highest BCUT2D eigenvalue weighted by Crippen LogP contribution is 2.31. The molecule has 88 valence electrons. The number of benzene rings is 1. The largest absolute Gasteiger partial charge is 0.508 e. The molecule has 3 nitrogen and oxygen atoms in total. The van der Waals surface area contributed by atoms with Gasteiger partial charge in [0.25, 0.3) is 0 Å². The van der Waals surface area contributed by atoms with E-state index in [-0.39, 0.29) is 0 Å². The number of aromatic hydroxyl groups is 1. The molecule has 0 bridgehead atoms. The summed E-state index contributed by atoms with van der Waals surface area (Å²) < 4.78 is 2.00. The van der Waals surface area contributed by atoms with E-state index in [1.54, 1.807) is 6.07 Å². The Morgan fingerprint density at radius 2 is 2.18 bits per heavy atom. The molecule has 0 saturated heterocycles. The number of aromatic nitrogens is 2. The Morgan fingerprint density at radius 1 is 1.35 bits per heavy atom. The molecule has 1 aromatic carbocycles. The van der Waals surface area contributed by atoms with Crippen LogP contribution in [0, 0.1) is 12.8 Å². The van der Waals surface area contributed by atoms with E-state index in [0.717, 1.165) is 29.2 Å². The van der Waals surface area contributed by atoms with Gasteiger partial charge in [0.15, 0.2) is 0 Å². The fraction of sp³-hybridized carbons (Fsp3) is 0.357. The summed E-state index contributed by atoms with van der Waals surface area (Å²) in [4.78, 5) is 0. The molecule has 0 aliphatic heterocycles. The first kappa shape index (κ1) is 10.4. The molecule has 0 amide bonds. The number of rotatable bonds is 3. The molecule has 0 spiro atoms. The molecule has 0 unspecified atom stereocenters. The van der Waals surface area contributed by atoms with E-state index in [0.29, 0.717) is 5.75 Å². The van der Waals surface area contributed by atoms with Crippen molar-refractivity contribution in [3.8, 4) is 16.9 Å². The van der Waals surface area contributed by atoms with Gasteiger partial charge in [-0.3, -0.25) is 4.68 Å². The van der Waals surface area contributed by atoms with Crippen LogP contribution in [0.25, 0.3) is 11.1 Å². The first-order valence-electron chi connectivity index (χ1n) is 6.05. The summed E-state index contributed by atoms with van der Waals surface area (Å²) in [5.74, 6) is 1.17. The lowest BCUT2D eigenvalue weighted by Gasteiger charge is -2.01. The number of phenolic OH excluding ortho intramolecular Hbond substituents is 1. The summed E-state index contributed by atoms with van der Waals surface area (Å²) in [6, 6.07) is 5.75. The highest BCUT2D eigenvalue weighted by molar-refractivity contribution is 5.64. The molecule has 3 heteroatoms. The predicted molar refractivity (Wildman–Crippen MR) is 66.8 cm³/mol. The molecular weight excluding hydrogens is 212 g/mol. The molecule has 0 atom stereocenters. The van der Waals surface area contributed by atoms with E-state index in [2.05, 4.69) is 11.3 Å². The summed E-state index contributed by atoms with van der Waals surface area (Å²) in [6.07, 6.45) is 6.59. The molecule has 17 heavy (non-hydrogen) atoms. The molecular formula is C14H16N2O. The Hall–Kier alpha value is -1.77. The average Bonchev–Trinajstić information content (AvgIpc) is 2.99. The molecule has 1 aromatic heterocycles. The zero-order valence-electron chi connectivity index (χ0n) is 9.93. The van der Waals surface area contributed by atoms with Crippen LogP contribution in [0.1, 0.15) is 18.4 Å². The highest BCUT2D eigenvalue weighted by Gasteiger charge is 2.22. The Labute approximate surface area is 101 Å². The SMILES string of the molecule is Cc1ccc(-c2cnn(CC3CC3)c2)cc1O. The minimum absolute atomic E-state index is 0.345. The maximum atomic E-state index is 9.70. The van der Waals surface area contributed by atoms with Crippen molar-refractivity contribution >= 4 is 0 Å². The minimum Gasteiger partial charge on any atom is -0.508 e. The van der Waals surface area contributed by atoms with Gasteiger partial charge in [0, 0.05) is 18.3 Å². The van der Waals surface area contributed by atoms with Gasteiger partial charge < -0.3 is 5.11 Å². The van der Waals surface area contributed by atoms with Crippen molar-refractivity contribution in [1.82, 2.24) is 9.78 Å². The van der Waals surface area contributed by atoms with E-state index in [4.69, 9.17) is 0 Å². The molecule has 1 heterocycles. The van der Waals surface area contributed by atoms with Crippen LogP contribution in [0.5, 0.6) is 5.75 Å². The van der Waals surface area contributed by atoms with Gasteiger partial charge in [0.2, 0.25) is 0 Å². The van der Waals surface area contributed by atoms with Gasteiger partial charge in [-0.1, -0.05) is 12.1 Å². The van der Waals surface area contributed by atoms with Crippen molar-refractivity contribution in [1.29, 1.82) is 0 Å². The van der Waals surface area contributed by atoms with E-state index in [1.165, 1.54) is 12.8 Å². The topological polar surface area (TPSA) is 38.0 Å². The summed E-state index contributed by atoms with van der Waals surface area (Å²) in [5.41, 5.74) is 3.00. The van der Waals surface area contributed by atoms with Gasteiger partial charge in [-0.2, -0.15) is 5.10 Å². The van der Waals surface area contributed by atoms with Crippen LogP contribution >= 0.6 is 0 Å². The fourth-order valence-electron chi connectivity index (χ4n) is 1.97. The van der Waals surface area contributed by atoms with Crippen molar-refractivity contribution in [3.05, 3.63) is 36.2 Å². The molecule has 0 radical (unpaired) electrons. The third-order valence-corrected chi connectivity index (χ3v) is 3.32. The van der Waals surface area contributed by atoms with Crippen LogP contribution < -0.4 is 0 Å². The van der Waals surface area contributed by atoms with Crippen molar-refractivity contribution in [2.75, 3.05) is 0 Å². The summed E-state index contributed by atoms with van der Waals surface area (Å²) >= 11 is 0. The zero-order chi connectivity index (χ0) is 11.8. The average molecular weight is 228 g/mol. The number of hydrogen-bond acceptors (Lipinski definition) is 2. The van der Waals surface area contributed by atoms with Crippen LogP contribution in [0.15, 0.2) is 30.6 Å². The molecule has 1 aliphatic rings. The van der Waals surface area contributed by atoms with Crippen molar-refractivity contribution in [2.24, 2.45) is 5.92 Å². The monoisotopic (exact) mass is 228 g/mol. The van der Waals surface area contributed by atoms with Gasteiger partial charge in [-0.15, -0.1) is 0 Å². The molecule has 1 N–H and O–H groups in total. The number of nitrogens with zero attached hydrogens (tertiary/aromatic N) is 2. The Bertz CT molecular complexity index is 541. The first-order valence-corrected chi connectivity index (χ1v) is 6.05. The second-order valence-corrected chi connectivity index (χ2v) is 4.90. The first-order chi connectivity index (χ1) is 8.22. The third-order valence-electron chi connectivity index (χ3n) is 3.32. The van der Waals surface area contributed by atoms with E-state index in [9.17, 15) is 5.11 Å². The van der Waals surface area contributed by atoms with Crippen molar-refractivity contribution in [3.63, 3.8) is 0 Å². The van der Waals surface area contributed by atoms with Gasteiger partial charge in [-0.05, 0) is 42.9 Å². The number of aryl methyl sites for hydroxylation is 1. The van der Waals surface area contributed by atoms with Crippen molar-refractivity contribution < 1.29 is 5.11 Å². The maximum Gasteiger partial charge on any atom is 0.119 e. The van der Waals surface area contributed by atoms with Crippen LogP contribution in [-0.4, -0.2) is 14.9 Å². The van der Waals surface area contributed by atoms with Crippen molar-refractivity contribution in [2.45, 2.75) is 26.3 Å². The predicted octanol–water partition coefficient (Wildman–Crippen LogP) is 2.97. The highest BCUT2D eigenvalue weighted by atomic mass is 16.3. The van der Waals surface area contributed by atoms with Crippen LogP contribution in [0.4, 0.5) is 0 Å². The summed E-state index contributed by atoms with van der Waals surface area (Å²) in [5, 5.41) is 14.1. The lowest BCUT2D eigenvalue weighted by molar-refractivity contribution is 0.471. The second-order valence-electron chi connectivity index (χ2n) is 4.90. The number of phenols is 1. The van der Waals surface area contributed by atoms with Crippen LogP contribution in [0.3, 0.4) is 0 Å². The van der Waals surface area contributed by atoms with E-state index >= 15 is 0 Å². The van der Waals surface area contributed by atoms with Crippen LogP contribution in [-0.2, 0) is 6.54 Å². The lowest BCUT2D eigenvalue weighted by atomic mass is 10.1. The normalized spacial score (nSPS) is 15.1. The maximum absolute atomic E-state index is 9.70. The minimum atomic E-state index is 0.345. The van der Waals surface area contributed by atoms with Gasteiger partial charge in [0.1, 0.15) is 5.75 Å². The zero-order valence-corrected chi connectivity index (χ0v) is 9.93. The van der Waals surface area contributed by atoms with Gasteiger partial charge in [0.05, 0.1) is 6.20 Å². The van der Waals surface area contributed by atoms with Gasteiger partial charge in [-0.25, -0.2) is 0 Å². The fourth-order valence-corrected chi connectivity index (χ4v) is 1.97. The third kappa shape index (κ3) is 2.18. The smallest absolute Gasteiger partial charge is 0.119 e. The Morgan fingerprint density at radius 3 is 2.88 bits per heavy atom. The molecule has 1 aliphatic carbocycles. The Kier molecular flexibility index (Phi) is 2.39. The Balaban J connectivity index is 1.86. The molecule has 2 aromatic rings. The lowest BCUT2D eigenvalue weighted by Crippen LogP contribution is -1.98. The van der Waals surface area contributed by atoms with Gasteiger partial charge >= 0.3 is 0 Å². The molecule has 1 saturated carbocycles. The molecule has 1 fully saturated rings. The standard InChI is InChI=1S/C14H16N2O/c1-10-2-5-12(6-14(10)17)13-7-15-16(9-13)8-11-3-4-11/h2,5-7,9,11,17H,3-4,8H2,1H3. The van der Waals surface area contributed by atoms with Crippen LogP contribution in [0.2, 0.25) is 0 Å². The molecule has 3 rings (SSSR count).